The molecule has 0 saturated carbocycles. The number of halogens is 1. The molecule has 0 radical (unpaired) electrons. The Kier molecular flexibility index (Phi) is 7.81. The molecule has 162 valence electrons. The number of benzene rings is 1. The smallest absolute Gasteiger partial charge is 0.405 e. The maximum atomic E-state index is 12.3. The predicted octanol–water partition coefficient (Wildman–Crippen LogP) is 4.35. The first-order valence-corrected chi connectivity index (χ1v) is 9.41. The molecule has 1 aromatic heterocycles. The average Bonchev–Trinajstić information content (AvgIpc) is 2.72. The Morgan fingerprint density at radius 1 is 1.32 bits per heavy atom. The Bertz CT molecular complexity index is 1040. The minimum absolute atomic E-state index is 0.0165. The largest absolute Gasteiger partial charge is 0.465 e. The SMILES string of the molecule is C=CCC(NC(=O)O)c1cc(-c2ccc([N+](=O)[O-])cc2NC(=O)C(C)C=C)nnc1Cl. The first kappa shape index (κ1) is 23.5. The maximum Gasteiger partial charge on any atom is 0.405 e. The number of carbonyl (C=O) groups is 2. The number of nitro benzene ring substituents is 1. The highest BCUT2D eigenvalue weighted by molar-refractivity contribution is 6.30. The summed E-state index contributed by atoms with van der Waals surface area (Å²) in [5, 5.41) is 33.1. The summed E-state index contributed by atoms with van der Waals surface area (Å²) in [7, 11) is 0. The molecule has 2 atom stereocenters. The van der Waals surface area contributed by atoms with Gasteiger partial charge in [-0.3, -0.25) is 14.9 Å². The molecule has 2 rings (SSSR count). The van der Waals surface area contributed by atoms with Crippen LogP contribution in [0.25, 0.3) is 11.3 Å². The van der Waals surface area contributed by atoms with E-state index in [2.05, 4.69) is 34.0 Å². The Morgan fingerprint density at radius 2 is 2.03 bits per heavy atom. The summed E-state index contributed by atoms with van der Waals surface area (Å²) in [4.78, 5) is 34.1. The molecular weight excluding hydrogens is 426 g/mol. The van der Waals surface area contributed by atoms with Gasteiger partial charge >= 0.3 is 6.09 Å². The number of hydrogen-bond acceptors (Lipinski definition) is 6. The van der Waals surface area contributed by atoms with E-state index < -0.39 is 28.9 Å². The average molecular weight is 446 g/mol. The van der Waals surface area contributed by atoms with E-state index in [0.29, 0.717) is 11.1 Å². The highest BCUT2D eigenvalue weighted by Crippen LogP contribution is 2.33. The standard InChI is InChI=1S/C20H20ClN5O5/c1-4-6-15(23-20(28)29)14-10-17(24-25-18(14)21)13-8-7-12(26(30)31)9-16(13)22-19(27)11(3)5-2/h4-5,7-11,15,23H,1-2,6H2,3H3,(H,22,27)(H,28,29). The number of carboxylic acid groups (broad SMARTS) is 1. The van der Waals surface area contributed by atoms with Crippen molar-refractivity contribution in [1.82, 2.24) is 15.5 Å². The molecule has 0 aliphatic carbocycles. The molecule has 1 heterocycles. The van der Waals surface area contributed by atoms with Crippen molar-refractivity contribution >= 4 is 35.0 Å². The van der Waals surface area contributed by atoms with E-state index in [-0.39, 0.29) is 28.6 Å². The zero-order chi connectivity index (χ0) is 23.1. The van der Waals surface area contributed by atoms with Gasteiger partial charge in [-0.05, 0) is 18.6 Å². The Morgan fingerprint density at radius 3 is 2.61 bits per heavy atom. The summed E-state index contributed by atoms with van der Waals surface area (Å²) in [6, 6.07) is 4.65. The normalized spacial score (nSPS) is 12.3. The molecular formula is C20H20ClN5O5. The van der Waals surface area contributed by atoms with E-state index in [0.717, 1.165) is 0 Å². The van der Waals surface area contributed by atoms with Crippen LogP contribution in [-0.2, 0) is 4.79 Å². The number of nitrogens with zero attached hydrogens (tertiary/aromatic N) is 3. The number of aromatic nitrogens is 2. The van der Waals surface area contributed by atoms with Crippen molar-refractivity contribution in [3.63, 3.8) is 0 Å². The fraction of sp³-hybridized carbons (Fsp3) is 0.200. The second-order valence-corrected chi connectivity index (χ2v) is 6.86. The van der Waals surface area contributed by atoms with E-state index in [1.54, 1.807) is 6.92 Å². The molecule has 2 aromatic rings. The van der Waals surface area contributed by atoms with Crippen LogP contribution in [0.3, 0.4) is 0 Å². The van der Waals surface area contributed by atoms with Gasteiger partial charge in [-0.25, -0.2) is 4.79 Å². The molecule has 10 nitrogen and oxygen atoms in total. The summed E-state index contributed by atoms with van der Waals surface area (Å²) < 4.78 is 0. The molecule has 31 heavy (non-hydrogen) atoms. The molecule has 0 spiro atoms. The Hall–Kier alpha value is -3.79. The highest BCUT2D eigenvalue weighted by Gasteiger charge is 2.21. The number of amides is 2. The summed E-state index contributed by atoms with van der Waals surface area (Å²) in [6.45, 7) is 8.79. The number of non-ortho nitro benzene ring substituents is 1. The topological polar surface area (TPSA) is 147 Å². The van der Waals surface area contributed by atoms with Crippen molar-refractivity contribution in [2.45, 2.75) is 19.4 Å². The molecule has 1 aromatic carbocycles. The molecule has 0 aliphatic heterocycles. The van der Waals surface area contributed by atoms with E-state index in [4.69, 9.17) is 16.7 Å². The summed E-state index contributed by atoms with van der Waals surface area (Å²) in [6.07, 6.45) is 1.93. The number of nitrogens with one attached hydrogen (secondary N) is 2. The number of rotatable bonds is 9. The third kappa shape index (κ3) is 5.86. The van der Waals surface area contributed by atoms with Crippen LogP contribution in [0.1, 0.15) is 24.9 Å². The van der Waals surface area contributed by atoms with Crippen molar-refractivity contribution in [1.29, 1.82) is 0 Å². The third-order valence-corrected chi connectivity index (χ3v) is 4.66. The van der Waals surface area contributed by atoms with Crippen LogP contribution < -0.4 is 10.6 Å². The molecule has 0 saturated heterocycles. The van der Waals surface area contributed by atoms with Gasteiger partial charge < -0.3 is 15.7 Å². The second-order valence-electron chi connectivity index (χ2n) is 6.50. The number of nitro groups is 1. The Labute approximate surface area is 182 Å². The lowest BCUT2D eigenvalue weighted by Crippen LogP contribution is -2.27. The fourth-order valence-corrected chi connectivity index (χ4v) is 2.90. The van der Waals surface area contributed by atoms with Crippen LogP contribution in [0.4, 0.5) is 16.2 Å². The van der Waals surface area contributed by atoms with Crippen molar-refractivity contribution < 1.29 is 19.6 Å². The van der Waals surface area contributed by atoms with Crippen LogP contribution in [0.2, 0.25) is 5.15 Å². The number of anilines is 1. The van der Waals surface area contributed by atoms with E-state index in [1.807, 2.05) is 0 Å². The predicted molar refractivity (Wildman–Crippen MR) is 116 cm³/mol. The van der Waals surface area contributed by atoms with E-state index in [9.17, 15) is 19.7 Å². The van der Waals surface area contributed by atoms with Crippen LogP contribution in [-0.4, -0.2) is 32.2 Å². The van der Waals surface area contributed by atoms with Gasteiger partial charge in [0.2, 0.25) is 5.91 Å². The van der Waals surface area contributed by atoms with Gasteiger partial charge in [-0.1, -0.05) is 30.7 Å². The second kappa shape index (κ2) is 10.3. The molecule has 11 heteroatoms. The van der Waals surface area contributed by atoms with Crippen LogP contribution in [0, 0.1) is 16.0 Å². The van der Waals surface area contributed by atoms with Crippen LogP contribution >= 0.6 is 11.6 Å². The van der Waals surface area contributed by atoms with Gasteiger partial charge in [0.1, 0.15) is 0 Å². The lowest BCUT2D eigenvalue weighted by Gasteiger charge is -2.18. The first-order valence-electron chi connectivity index (χ1n) is 9.03. The quantitative estimate of drug-likeness (QED) is 0.295. The fourth-order valence-electron chi connectivity index (χ4n) is 2.67. The van der Waals surface area contributed by atoms with E-state index in [1.165, 1.54) is 36.4 Å². The minimum atomic E-state index is -1.26. The van der Waals surface area contributed by atoms with Gasteiger partial charge in [0.25, 0.3) is 5.69 Å². The lowest BCUT2D eigenvalue weighted by atomic mass is 10.0. The summed E-state index contributed by atoms with van der Waals surface area (Å²) >= 11 is 6.14. The molecule has 2 amide bonds. The maximum absolute atomic E-state index is 12.3. The van der Waals surface area contributed by atoms with Crippen molar-refractivity contribution in [3.05, 3.63) is 70.4 Å². The minimum Gasteiger partial charge on any atom is -0.465 e. The zero-order valence-electron chi connectivity index (χ0n) is 16.5. The van der Waals surface area contributed by atoms with Crippen molar-refractivity contribution in [2.75, 3.05) is 5.32 Å². The molecule has 3 N–H and O–H groups in total. The zero-order valence-corrected chi connectivity index (χ0v) is 17.3. The number of carbonyl (C=O) groups excluding carboxylic acids is 1. The van der Waals surface area contributed by atoms with Gasteiger partial charge in [0.15, 0.2) is 5.15 Å². The molecule has 0 fully saturated rings. The van der Waals surface area contributed by atoms with Crippen LogP contribution in [0.5, 0.6) is 0 Å². The molecule has 0 aliphatic rings. The Balaban J connectivity index is 2.59. The lowest BCUT2D eigenvalue weighted by molar-refractivity contribution is -0.384. The monoisotopic (exact) mass is 445 g/mol. The van der Waals surface area contributed by atoms with Gasteiger partial charge in [0, 0.05) is 23.3 Å². The van der Waals surface area contributed by atoms with Gasteiger partial charge in [-0.2, -0.15) is 0 Å². The highest BCUT2D eigenvalue weighted by atomic mass is 35.5. The van der Waals surface area contributed by atoms with E-state index >= 15 is 0 Å². The molecule has 2 unspecified atom stereocenters. The summed E-state index contributed by atoms with van der Waals surface area (Å²) in [5.41, 5.74) is 0.820. The number of hydrogen-bond donors (Lipinski definition) is 3. The molecule has 0 bridgehead atoms. The first-order chi connectivity index (χ1) is 14.7. The van der Waals surface area contributed by atoms with Crippen molar-refractivity contribution in [3.8, 4) is 11.3 Å². The van der Waals surface area contributed by atoms with Gasteiger partial charge in [0.05, 0.1) is 28.3 Å². The third-order valence-electron chi connectivity index (χ3n) is 4.37. The van der Waals surface area contributed by atoms with Gasteiger partial charge in [-0.15, -0.1) is 23.4 Å². The van der Waals surface area contributed by atoms with Crippen molar-refractivity contribution in [2.24, 2.45) is 5.92 Å². The summed E-state index contributed by atoms with van der Waals surface area (Å²) in [5.74, 6) is -0.966. The van der Waals surface area contributed by atoms with Crippen LogP contribution in [0.15, 0.2) is 49.6 Å².